The number of hydrogen-bond donors (Lipinski definition) is 1. The van der Waals surface area contributed by atoms with E-state index in [0.29, 0.717) is 24.5 Å². The summed E-state index contributed by atoms with van der Waals surface area (Å²) < 4.78 is 0. The lowest BCUT2D eigenvalue weighted by Crippen LogP contribution is -2.48. The molecular formula is C17H20ClNO3. The Bertz CT molecular complexity index is 594. The van der Waals surface area contributed by atoms with Crippen molar-refractivity contribution in [3.05, 3.63) is 34.9 Å². The van der Waals surface area contributed by atoms with Gasteiger partial charge in [0.05, 0.1) is 11.3 Å². The van der Waals surface area contributed by atoms with E-state index in [2.05, 4.69) is 0 Å². The second-order valence-corrected chi connectivity index (χ2v) is 6.99. The Morgan fingerprint density at radius 1 is 1.27 bits per heavy atom. The molecule has 5 heteroatoms. The molecule has 0 bridgehead atoms. The Hall–Kier alpha value is -1.55. The molecule has 22 heavy (non-hydrogen) atoms. The summed E-state index contributed by atoms with van der Waals surface area (Å²) in [5, 5.41) is 9.86. The zero-order valence-corrected chi connectivity index (χ0v) is 13.3. The SMILES string of the molecule is CC1CN(C(=O)C2(c3ccc(Cl)cc3)CC2)CCC1C(=O)O. The molecule has 1 aromatic rings. The number of carbonyl (C=O) groups excluding carboxylic acids is 1. The van der Waals surface area contributed by atoms with Crippen molar-refractivity contribution in [2.24, 2.45) is 11.8 Å². The van der Waals surface area contributed by atoms with Gasteiger partial charge in [-0.3, -0.25) is 9.59 Å². The van der Waals surface area contributed by atoms with Gasteiger partial charge in [-0.05, 0) is 42.9 Å². The van der Waals surface area contributed by atoms with Crippen LogP contribution in [0.5, 0.6) is 0 Å². The number of carboxylic acids is 1. The first-order chi connectivity index (χ1) is 10.4. The van der Waals surface area contributed by atoms with Crippen molar-refractivity contribution < 1.29 is 14.7 Å². The lowest BCUT2D eigenvalue weighted by molar-refractivity contribution is -0.149. The maximum Gasteiger partial charge on any atom is 0.306 e. The summed E-state index contributed by atoms with van der Waals surface area (Å²) in [7, 11) is 0. The van der Waals surface area contributed by atoms with Crippen LogP contribution in [0.15, 0.2) is 24.3 Å². The molecule has 1 aliphatic heterocycles. The number of hydrogen-bond acceptors (Lipinski definition) is 2. The summed E-state index contributed by atoms with van der Waals surface area (Å²) in [6, 6.07) is 7.51. The summed E-state index contributed by atoms with van der Waals surface area (Å²) in [5.41, 5.74) is 0.621. The number of amides is 1. The molecule has 0 aromatic heterocycles. The van der Waals surface area contributed by atoms with E-state index < -0.39 is 11.4 Å². The molecule has 1 saturated carbocycles. The third-order valence-corrected chi connectivity index (χ3v) is 5.32. The van der Waals surface area contributed by atoms with Gasteiger partial charge in [0.2, 0.25) is 5.91 Å². The highest BCUT2D eigenvalue weighted by molar-refractivity contribution is 6.30. The molecule has 1 aliphatic carbocycles. The monoisotopic (exact) mass is 321 g/mol. The zero-order chi connectivity index (χ0) is 15.9. The fraction of sp³-hybridized carbons (Fsp3) is 0.529. The fourth-order valence-electron chi connectivity index (χ4n) is 3.52. The number of carbonyl (C=O) groups is 2. The second-order valence-electron chi connectivity index (χ2n) is 6.55. The minimum Gasteiger partial charge on any atom is -0.481 e. The molecule has 2 fully saturated rings. The first kappa shape index (κ1) is 15.3. The average Bonchev–Trinajstić information content (AvgIpc) is 3.28. The number of halogens is 1. The number of likely N-dealkylation sites (tertiary alicyclic amines) is 1. The van der Waals surface area contributed by atoms with Crippen molar-refractivity contribution in [3.63, 3.8) is 0 Å². The lowest BCUT2D eigenvalue weighted by Gasteiger charge is -2.37. The largest absolute Gasteiger partial charge is 0.481 e. The molecule has 2 atom stereocenters. The third kappa shape index (κ3) is 2.60. The number of rotatable bonds is 3. The minimum atomic E-state index is -0.751. The number of carboxylic acid groups (broad SMARTS) is 1. The number of nitrogens with zero attached hydrogens (tertiary/aromatic N) is 1. The van der Waals surface area contributed by atoms with Crippen LogP contribution in [0.25, 0.3) is 0 Å². The van der Waals surface area contributed by atoms with Crippen molar-refractivity contribution in [2.45, 2.75) is 31.6 Å². The summed E-state index contributed by atoms with van der Waals surface area (Å²) in [6.07, 6.45) is 2.26. The number of benzene rings is 1. The fourth-order valence-corrected chi connectivity index (χ4v) is 3.65. The molecule has 2 unspecified atom stereocenters. The van der Waals surface area contributed by atoms with E-state index in [1.165, 1.54) is 0 Å². The summed E-state index contributed by atoms with van der Waals surface area (Å²) in [4.78, 5) is 26.0. The van der Waals surface area contributed by atoms with Gasteiger partial charge in [0, 0.05) is 18.1 Å². The first-order valence-corrected chi connectivity index (χ1v) is 8.10. The molecule has 0 radical (unpaired) electrons. The average molecular weight is 322 g/mol. The van der Waals surface area contributed by atoms with Crippen LogP contribution in [-0.4, -0.2) is 35.0 Å². The minimum absolute atomic E-state index is 0.00350. The smallest absolute Gasteiger partial charge is 0.306 e. The summed E-state index contributed by atoms with van der Waals surface area (Å²) in [6.45, 7) is 2.99. The van der Waals surface area contributed by atoms with Crippen molar-refractivity contribution in [2.75, 3.05) is 13.1 Å². The van der Waals surface area contributed by atoms with Crippen LogP contribution in [0.1, 0.15) is 31.7 Å². The summed E-state index contributed by atoms with van der Waals surface area (Å²) >= 11 is 5.92. The van der Waals surface area contributed by atoms with Gasteiger partial charge < -0.3 is 10.0 Å². The molecule has 1 saturated heterocycles. The normalized spacial score (nSPS) is 26.5. The van der Waals surface area contributed by atoms with E-state index in [9.17, 15) is 14.7 Å². The standard InChI is InChI=1S/C17H20ClNO3/c1-11-10-19(9-6-14(11)15(20)21)16(22)17(7-8-17)12-2-4-13(18)5-3-12/h2-5,11,14H,6-10H2,1H3,(H,20,21). The number of aliphatic carboxylic acids is 1. The Morgan fingerprint density at radius 3 is 2.41 bits per heavy atom. The van der Waals surface area contributed by atoms with Crippen LogP contribution in [0, 0.1) is 11.8 Å². The van der Waals surface area contributed by atoms with Crippen molar-refractivity contribution in [3.8, 4) is 0 Å². The Labute approximate surface area is 135 Å². The van der Waals surface area contributed by atoms with Crippen LogP contribution in [0.4, 0.5) is 0 Å². The lowest BCUT2D eigenvalue weighted by atomic mass is 9.85. The highest BCUT2D eigenvalue weighted by atomic mass is 35.5. The molecule has 118 valence electrons. The van der Waals surface area contributed by atoms with Gasteiger partial charge in [0.25, 0.3) is 0 Å². The topological polar surface area (TPSA) is 57.6 Å². The van der Waals surface area contributed by atoms with Crippen LogP contribution >= 0.6 is 11.6 Å². The molecule has 1 N–H and O–H groups in total. The summed E-state index contributed by atoms with van der Waals surface area (Å²) in [5.74, 6) is -0.949. The first-order valence-electron chi connectivity index (χ1n) is 7.72. The van der Waals surface area contributed by atoms with Crippen LogP contribution in [0.3, 0.4) is 0 Å². The predicted molar refractivity (Wildman–Crippen MR) is 83.9 cm³/mol. The molecule has 2 aliphatic rings. The van der Waals surface area contributed by atoms with Crippen molar-refractivity contribution in [1.82, 2.24) is 4.90 Å². The maximum atomic E-state index is 12.9. The van der Waals surface area contributed by atoms with E-state index in [1.54, 1.807) is 0 Å². The van der Waals surface area contributed by atoms with Gasteiger partial charge in [0.15, 0.2) is 0 Å². The van der Waals surface area contributed by atoms with Crippen molar-refractivity contribution >= 4 is 23.5 Å². The molecule has 1 amide bonds. The molecule has 1 aromatic carbocycles. The second kappa shape index (κ2) is 5.58. The van der Waals surface area contributed by atoms with Gasteiger partial charge in [-0.2, -0.15) is 0 Å². The highest BCUT2D eigenvalue weighted by Crippen LogP contribution is 2.50. The van der Waals surface area contributed by atoms with E-state index >= 15 is 0 Å². The Kier molecular flexibility index (Phi) is 3.89. The van der Waals surface area contributed by atoms with Gasteiger partial charge >= 0.3 is 5.97 Å². The maximum absolute atomic E-state index is 12.9. The van der Waals surface area contributed by atoms with Gasteiger partial charge in [0.1, 0.15) is 0 Å². The molecule has 1 heterocycles. The van der Waals surface area contributed by atoms with E-state index in [-0.39, 0.29) is 17.7 Å². The number of piperidine rings is 1. The van der Waals surface area contributed by atoms with Gasteiger partial charge in [-0.25, -0.2) is 0 Å². The molecule has 0 spiro atoms. The van der Waals surface area contributed by atoms with Crippen LogP contribution in [0.2, 0.25) is 5.02 Å². The van der Waals surface area contributed by atoms with Gasteiger partial charge in [-0.1, -0.05) is 30.7 Å². The van der Waals surface area contributed by atoms with E-state index in [1.807, 2.05) is 36.1 Å². The Morgan fingerprint density at radius 2 is 1.91 bits per heavy atom. The van der Waals surface area contributed by atoms with Crippen molar-refractivity contribution in [1.29, 1.82) is 0 Å². The molecule has 3 rings (SSSR count). The zero-order valence-electron chi connectivity index (χ0n) is 12.6. The van der Waals surface area contributed by atoms with E-state index in [0.717, 1.165) is 18.4 Å². The van der Waals surface area contributed by atoms with Crippen LogP contribution < -0.4 is 0 Å². The highest BCUT2D eigenvalue weighted by Gasteiger charge is 2.53. The quantitative estimate of drug-likeness (QED) is 0.931. The molecule has 4 nitrogen and oxygen atoms in total. The molecular weight excluding hydrogens is 302 g/mol. The third-order valence-electron chi connectivity index (χ3n) is 5.07. The van der Waals surface area contributed by atoms with Crippen LogP contribution in [-0.2, 0) is 15.0 Å². The van der Waals surface area contributed by atoms with Gasteiger partial charge in [-0.15, -0.1) is 0 Å². The Balaban J connectivity index is 1.75. The predicted octanol–water partition coefficient (Wildman–Crippen LogP) is 2.94. The van der Waals surface area contributed by atoms with E-state index in [4.69, 9.17) is 11.6 Å².